The largest absolute Gasteiger partial charge is 0.481 e. The van der Waals surface area contributed by atoms with Crippen LogP contribution in [0.5, 0.6) is 0 Å². The SMILES string of the molecule is Cc1ccc(NC(=O)CN2CCC(C(=O)O)C2)cc1C. The van der Waals surface area contributed by atoms with Gasteiger partial charge in [-0.25, -0.2) is 0 Å². The molecule has 0 spiro atoms. The van der Waals surface area contributed by atoms with Crippen LogP contribution in [0.3, 0.4) is 0 Å². The molecule has 1 aromatic rings. The number of anilines is 1. The van der Waals surface area contributed by atoms with Crippen molar-refractivity contribution in [3.05, 3.63) is 29.3 Å². The zero-order chi connectivity index (χ0) is 14.7. The maximum Gasteiger partial charge on any atom is 0.307 e. The third-order valence-corrected chi connectivity index (χ3v) is 3.78. The lowest BCUT2D eigenvalue weighted by Crippen LogP contribution is -2.32. The van der Waals surface area contributed by atoms with Crippen LogP contribution in [-0.4, -0.2) is 41.5 Å². The van der Waals surface area contributed by atoms with Gasteiger partial charge in [-0.2, -0.15) is 0 Å². The van der Waals surface area contributed by atoms with Crippen molar-refractivity contribution in [2.45, 2.75) is 20.3 Å². The van der Waals surface area contributed by atoms with Crippen LogP contribution in [0.2, 0.25) is 0 Å². The Labute approximate surface area is 118 Å². The normalized spacial score (nSPS) is 19.0. The van der Waals surface area contributed by atoms with Crippen LogP contribution >= 0.6 is 0 Å². The molecule has 0 saturated carbocycles. The topological polar surface area (TPSA) is 69.6 Å². The van der Waals surface area contributed by atoms with E-state index in [0.29, 0.717) is 19.5 Å². The number of carbonyl (C=O) groups excluding carboxylic acids is 1. The average Bonchev–Trinajstić information content (AvgIpc) is 2.82. The monoisotopic (exact) mass is 276 g/mol. The Kier molecular flexibility index (Phi) is 4.39. The number of hydrogen-bond acceptors (Lipinski definition) is 3. The van der Waals surface area contributed by atoms with Gasteiger partial charge in [0.15, 0.2) is 0 Å². The number of carboxylic acid groups (broad SMARTS) is 1. The summed E-state index contributed by atoms with van der Waals surface area (Å²) in [6, 6.07) is 5.79. The van der Waals surface area contributed by atoms with E-state index in [1.54, 1.807) is 0 Å². The van der Waals surface area contributed by atoms with Crippen LogP contribution in [0.25, 0.3) is 0 Å². The highest BCUT2D eigenvalue weighted by Gasteiger charge is 2.28. The first-order valence-corrected chi connectivity index (χ1v) is 6.78. The molecule has 0 aromatic heterocycles. The molecule has 1 saturated heterocycles. The Bertz CT molecular complexity index is 528. The molecule has 1 aliphatic heterocycles. The van der Waals surface area contributed by atoms with Crippen molar-refractivity contribution in [1.29, 1.82) is 0 Å². The standard InChI is InChI=1S/C15H20N2O3/c1-10-3-4-13(7-11(10)2)16-14(18)9-17-6-5-12(8-17)15(19)20/h3-4,7,12H,5-6,8-9H2,1-2H3,(H,16,18)(H,19,20). The van der Waals surface area contributed by atoms with Gasteiger partial charge in [0.25, 0.3) is 0 Å². The lowest BCUT2D eigenvalue weighted by atomic mass is 10.1. The van der Waals surface area contributed by atoms with Crippen molar-refractivity contribution in [1.82, 2.24) is 4.90 Å². The van der Waals surface area contributed by atoms with Crippen molar-refractivity contribution in [3.63, 3.8) is 0 Å². The fourth-order valence-electron chi connectivity index (χ4n) is 2.40. The summed E-state index contributed by atoms with van der Waals surface area (Å²) in [6.45, 7) is 5.39. The van der Waals surface area contributed by atoms with E-state index in [4.69, 9.17) is 5.11 Å². The van der Waals surface area contributed by atoms with Gasteiger partial charge in [-0.05, 0) is 50.1 Å². The van der Waals surface area contributed by atoms with E-state index in [1.807, 2.05) is 36.9 Å². The molecule has 1 aliphatic rings. The molecular weight excluding hydrogens is 256 g/mol. The number of hydrogen-bond donors (Lipinski definition) is 2. The molecule has 20 heavy (non-hydrogen) atoms. The molecule has 0 aliphatic carbocycles. The van der Waals surface area contributed by atoms with E-state index in [0.717, 1.165) is 11.3 Å². The molecular formula is C15H20N2O3. The Morgan fingerprint density at radius 3 is 2.70 bits per heavy atom. The number of nitrogens with zero attached hydrogens (tertiary/aromatic N) is 1. The van der Waals surface area contributed by atoms with Crippen molar-refractivity contribution >= 4 is 17.6 Å². The number of carbonyl (C=O) groups is 2. The predicted octanol–water partition coefficient (Wildman–Crippen LogP) is 1.65. The summed E-state index contributed by atoms with van der Waals surface area (Å²) in [5.41, 5.74) is 3.11. The first-order chi connectivity index (χ1) is 9.45. The molecule has 1 fully saturated rings. The number of likely N-dealkylation sites (tertiary alicyclic amines) is 1. The second-order valence-electron chi connectivity index (χ2n) is 5.41. The highest BCUT2D eigenvalue weighted by molar-refractivity contribution is 5.92. The molecule has 0 radical (unpaired) electrons. The smallest absolute Gasteiger partial charge is 0.307 e. The number of aliphatic carboxylic acids is 1. The van der Waals surface area contributed by atoms with E-state index in [9.17, 15) is 9.59 Å². The van der Waals surface area contributed by atoms with Gasteiger partial charge in [0, 0.05) is 12.2 Å². The molecule has 108 valence electrons. The summed E-state index contributed by atoms with van der Waals surface area (Å²) in [7, 11) is 0. The van der Waals surface area contributed by atoms with Gasteiger partial charge < -0.3 is 10.4 Å². The van der Waals surface area contributed by atoms with Crippen LogP contribution in [0.1, 0.15) is 17.5 Å². The van der Waals surface area contributed by atoms with Crippen LogP contribution in [-0.2, 0) is 9.59 Å². The summed E-state index contributed by atoms with van der Waals surface area (Å²) in [5, 5.41) is 11.8. The Hall–Kier alpha value is -1.88. The number of aryl methyl sites for hydroxylation is 2. The quantitative estimate of drug-likeness (QED) is 0.877. The molecule has 1 heterocycles. The summed E-state index contributed by atoms with van der Waals surface area (Å²) < 4.78 is 0. The highest BCUT2D eigenvalue weighted by Crippen LogP contribution is 2.17. The summed E-state index contributed by atoms with van der Waals surface area (Å²) >= 11 is 0. The Balaban J connectivity index is 1.87. The van der Waals surface area contributed by atoms with Crippen molar-refractivity contribution < 1.29 is 14.7 Å². The van der Waals surface area contributed by atoms with Gasteiger partial charge in [-0.15, -0.1) is 0 Å². The van der Waals surface area contributed by atoms with Crippen molar-refractivity contribution in [2.24, 2.45) is 5.92 Å². The maximum absolute atomic E-state index is 11.9. The number of nitrogens with one attached hydrogen (secondary N) is 1. The molecule has 0 bridgehead atoms. The van der Waals surface area contributed by atoms with Crippen LogP contribution < -0.4 is 5.32 Å². The maximum atomic E-state index is 11.9. The van der Waals surface area contributed by atoms with E-state index in [2.05, 4.69) is 5.32 Å². The number of rotatable bonds is 4. The van der Waals surface area contributed by atoms with E-state index in [-0.39, 0.29) is 18.4 Å². The molecule has 5 heteroatoms. The molecule has 1 atom stereocenters. The van der Waals surface area contributed by atoms with Crippen LogP contribution in [0.4, 0.5) is 5.69 Å². The van der Waals surface area contributed by atoms with Crippen LogP contribution in [0, 0.1) is 19.8 Å². The van der Waals surface area contributed by atoms with E-state index >= 15 is 0 Å². The third-order valence-electron chi connectivity index (χ3n) is 3.78. The van der Waals surface area contributed by atoms with Gasteiger partial charge in [-0.1, -0.05) is 6.07 Å². The number of amides is 1. The van der Waals surface area contributed by atoms with Crippen molar-refractivity contribution in [3.8, 4) is 0 Å². The Morgan fingerprint density at radius 2 is 2.10 bits per heavy atom. The molecule has 1 unspecified atom stereocenters. The van der Waals surface area contributed by atoms with Crippen LogP contribution in [0.15, 0.2) is 18.2 Å². The molecule has 1 amide bonds. The highest BCUT2D eigenvalue weighted by atomic mass is 16.4. The lowest BCUT2D eigenvalue weighted by molar-refractivity contribution is -0.141. The van der Waals surface area contributed by atoms with Gasteiger partial charge in [0.05, 0.1) is 12.5 Å². The number of carboxylic acids is 1. The predicted molar refractivity (Wildman–Crippen MR) is 76.7 cm³/mol. The second kappa shape index (κ2) is 6.05. The van der Waals surface area contributed by atoms with E-state index in [1.165, 1.54) is 5.56 Å². The number of benzene rings is 1. The zero-order valence-electron chi connectivity index (χ0n) is 11.8. The van der Waals surface area contributed by atoms with Gasteiger partial charge in [-0.3, -0.25) is 14.5 Å². The third kappa shape index (κ3) is 3.57. The first kappa shape index (κ1) is 14.5. The molecule has 1 aromatic carbocycles. The zero-order valence-corrected chi connectivity index (χ0v) is 11.8. The molecule has 5 nitrogen and oxygen atoms in total. The Morgan fingerprint density at radius 1 is 1.35 bits per heavy atom. The average molecular weight is 276 g/mol. The summed E-state index contributed by atoms with van der Waals surface area (Å²) in [6.07, 6.45) is 0.617. The van der Waals surface area contributed by atoms with E-state index < -0.39 is 5.97 Å². The second-order valence-corrected chi connectivity index (χ2v) is 5.41. The fraction of sp³-hybridized carbons (Fsp3) is 0.467. The molecule has 2 rings (SSSR count). The minimum absolute atomic E-state index is 0.0979. The summed E-state index contributed by atoms with van der Waals surface area (Å²) in [4.78, 5) is 24.7. The minimum atomic E-state index is -0.776. The van der Waals surface area contributed by atoms with Gasteiger partial charge >= 0.3 is 5.97 Å². The summed E-state index contributed by atoms with van der Waals surface area (Å²) in [5.74, 6) is -1.22. The lowest BCUT2D eigenvalue weighted by Gasteiger charge is -2.15. The fourth-order valence-corrected chi connectivity index (χ4v) is 2.40. The minimum Gasteiger partial charge on any atom is -0.481 e. The van der Waals surface area contributed by atoms with Gasteiger partial charge in [0.2, 0.25) is 5.91 Å². The van der Waals surface area contributed by atoms with Crippen molar-refractivity contribution in [2.75, 3.05) is 25.0 Å². The van der Waals surface area contributed by atoms with Gasteiger partial charge in [0.1, 0.15) is 0 Å². The first-order valence-electron chi connectivity index (χ1n) is 6.78. The molecule has 2 N–H and O–H groups in total.